The number of nitrogens with one attached hydrogen (secondary N) is 1. The fourth-order valence-electron chi connectivity index (χ4n) is 3.45. The summed E-state index contributed by atoms with van der Waals surface area (Å²) in [6, 6.07) is 11.9. The van der Waals surface area contributed by atoms with Gasteiger partial charge in [-0.3, -0.25) is 9.59 Å². The lowest BCUT2D eigenvalue weighted by molar-refractivity contribution is -0.142. The highest BCUT2D eigenvalue weighted by atomic mass is 32.2. The molecule has 190 valence electrons. The van der Waals surface area contributed by atoms with Crippen LogP contribution in [0.4, 0.5) is 10.9 Å². The molecule has 0 aliphatic rings. The van der Waals surface area contributed by atoms with Crippen molar-refractivity contribution in [3.05, 3.63) is 52.0 Å². The Kier molecular flexibility index (Phi) is 9.61. The standard InChI is InChI=1S/C26H26N6O3S2/c1-4-35-22(34)11-18-14-37-26(30-18)31-21(33)9-10-36-25-20(13-28)23(19(12-27)24(29)32-25)17-7-5-16(6-8-17)15(2)3/h5-8,14-15H,4,9-11H2,1-3H3,(H2,29,32)(H,30,31,33). The molecule has 2 aromatic heterocycles. The Balaban J connectivity index is 1.71. The Bertz CT molecular complexity index is 1370. The molecular weight excluding hydrogens is 508 g/mol. The number of thioether (sulfide) groups is 1. The minimum absolute atomic E-state index is 0.0355. The minimum atomic E-state index is -0.375. The number of benzene rings is 1. The third-order valence-electron chi connectivity index (χ3n) is 5.28. The molecule has 3 rings (SSSR count). The molecule has 1 aromatic carbocycles. The van der Waals surface area contributed by atoms with Gasteiger partial charge in [0.1, 0.15) is 28.5 Å². The first-order chi connectivity index (χ1) is 17.8. The van der Waals surface area contributed by atoms with Gasteiger partial charge in [-0.05, 0) is 24.0 Å². The van der Waals surface area contributed by atoms with Crippen molar-refractivity contribution < 1.29 is 14.3 Å². The molecule has 0 saturated carbocycles. The van der Waals surface area contributed by atoms with Crippen molar-refractivity contribution in [1.29, 1.82) is 10.5 Å². The molecule has 0 aliphatic carbocycles. The van der Waals surface area contributed by atoms with Gasteiger partial charge < -0.3 is 15.8 Å². The summed E-state index contributed by atoms with van der Waals surface area (Å²) in [6.07, 6.45) is 0.170. The molecule has 0 bridgehead atoms. The van der Waals surface area contributed by atoms with Crippen LogP contribution in [-0.4, -0.2) is 34.2 Å². The van der Waals surface area contributed by atoms with Gasteiger partial charge in [0.25, 0.3) is 0 Å². The van der Waals surface area contributed by atoms with Crippen LogP contribution >= 0.6 is 23.1 Å². The Hall–Kier alpha value is -3.93. The molecular formula is C26H26N6O3S2. The van der Waals surface area contributed by atoms with Gasteiger partial charge in [-0.25, -0.2) is 9.97 Å². The first kappa shape index (κ1) is 27.7. The second-order valence-electron chi connectivity index (χ2n) is 8.20. The lowest BCUT2D eigenvalue weighted by Gasteiger charge is -2.14. The Morgan fingerprint density at radius 2 is 1.86 bits per heavy atom. The zero-order chi connectivity index (χ0) is 26.9. The summed E-state index contributed by atoms with van der Waals surface area (Å²) in [5, 5.41) is 24.8. The highest BCUT2D eigenvalue weighted by Gasteiger charge is 2.21. The van der Waals surface area contributed by atoms with E-state index in [1.54, 1.807) is 12.3 Å². The van der Waals surface area contributed by atoms with E-state index < -0.39 is 0 Å². The van der Waals surface area contributed by atoms with Crippen molar-refractivity contribution in [2.75, 3.05) is 23.4 Å². The molecule has 0 atom stereocenters. The molecule has 2 heterocycles. The van der Waals surface area contributed by atoms with Crippen molar-refractivity contribution in [3.8, 4) is 23.3 Å². The average Bonchev–Trinajstić information content (AvgIpc) is 3.30. The van der Waals surface area contributed by atoms with Crippen molar-refractivity contribution in [1.82, 2.24) is 9.97 Å². The number of rotatable bonds is 10. The Morgan fingerprint density at radius 3 is 2.49 bits per heavy atom. The van der Waals surface area contributed by atoms with Gasteiger partial charge in [0.15, 0.2) is 5.13 Å². The van der Waals surface area contributed by atoms with Gasteiger partial charge >= 0.3 is 5.97 Å². The summed E-state index contributed by atoms with van der Waals surface area (Å²) in [6.45, 7) is 6.20. The molecule has 37 heavy (non-hydrogen) atoms. The number of nitrogen functional groups attached to an aromatic ring is 1. The lowest BCUT2D eigenvalue weighted by Crippen LogP contribution is -2.13. The largest absolute Gasteiger partial charge is 0.466 e. The smallest absolute Gasteiger partial charge is 0.311 e. The third-order valence-corrected chi connectivity index (χ3v) is 7.06. The van der Waals surface area contributed by atoms with Crippen LogP contribution in [0.5, 0.6) is 0 Å². The van der Waals surface area contributed by atoms with E-state index in [1.165, 1.54) is 23.1 Å². The summed E-state index contributed by atoms with van der Waals surface area (Å²) >= 11 is 2.44. The van der Waals surface area contributed by atoms with Crippen LogP contribution in [0.2, 0.25) is 0 Å². The zero-order valence-corrected chi connectivity index (χ0v) is 22.3. The Labute approximate surface area is 223 Å². The van der Waals surface area contributed by atoms with E-state index in [-0.39, 0.29) is 41.7 Å². The topological polar surface area (TPSA) is 155 Å². The van der Waals surface area contributed by atoms with Crippen molar-refractivity contribution in [2.24, 2.45) is 0 Å². The molecule has 0 unspecified atom stereocenters. The summed E-state index contributed by atoms with van der Waals surface area (Å²) in [4.78, 5) is 32.5. The second-order valence-corrected chi connectivity index (χ2v) is 10.1. The molecule has 0 fully saturated rings. The van der Waals surface area contributed by atoms with Crippen molar-refractivity contribution in [3.63, 3.8) is 0 Å². The van der Waals surface area contributed by atoms with Gasteiger partial charge in [0.05, 0.1) is 24.3 Å². The number of pyridine rings is 1. The first-order valence-corrected chi connectivity index (χ1v) is 13.4. The molecule has 0 spiro atoms. The van der Waals surface area contributed by atoms with E-state index in [2.05, 4.69) is 41.3 Å². The van der Waals surface area contributed by atoms with Crippen LogP contribution in [0, 0.1) is 22.7 Å². The number of amides is 1. The number of hydrogen-bond acceptors (Lipinski definition) is 10. The molecule has 9 nitrogen and oxygen atoms in total. The maximum absolute atomic E-state index is 12.4. The van der Waals surface area contributed by atoms with Crippen LogP contribution in [0.25, 0.3) is 11.1 Å². The highest BCUT2D eigenvalue weighted by Crippen LogP contribution is 2.36. The van der Waals surface area contributed by atoms with Crippen LogP contribution < -0.4 is 11.1 Å². The SMILES string of the molecule is CCOC(=O)Cc1csc(NC(=O)CCSc2nc(N)c(C#N)c(-c3ccc(C(C)C)cc3)c2C#N)n1. The normalized spacial score (nSPS) is 10.5. The second kappa shape index (κ2) is 12.9. The van der Waals surface area contributed by atoms with Gasteiger partial charge in [-0.15, -0.1) is 23.1 Å². The number of carbonyl (C=O) groups is 2. The maximum Gasteiger partial charge on any atom is 0.311 e. The number of esters is 1. The van der Waals surface area contributed by atoms with Gasteiger partial charge in [0.2, 0.25) is 5.91 Å². The average molecular weight is 535 g/mol. The number of ether oxygens (including phenoxy) is 1. The number of nitrogens with zero attached hydrogens (tertiary/aromatic N) is 4. The third kappa shape index (κ3) is 7.06. The Morgan fingerprint density at radius 1 is 1.16 bits per heavy atom. The molecule has 1 amide bonds. The first-order valence-electron chi connectivity index (χ1n) is 11.5. The van der Waals surface area contributed by atoms with E-state index >= 15 is 0 Å². The lowest BCUT2D eigenvalue weighted by atomic mass is 9.94. The molecule has 0 radical (unpaired) electrons. The van der Waals surface area contributed by atoms with Gasteiger partial charge in [0, 0.05) is 23.1 Å². The number of aromatic nitrogens is 2. The summed E-state index contributed by atoms with van der Waals surface area (Å²) in [7, 11) is 0. The van der Waals surface area contributed by atoms with E-state index in [9.17, 15) is 20.1 Å². The quantitative estimate of drug-likeness (QED) is 0.273. The van der Waals surface area contributed by atoms with E-state index in [1.807, 2.05) is 24.3 Å². The number of nitrogens with two attached hydrogens (primary N) is 1. The summed E-state index contributed by atoms with van der Waals surface area (Å²) in [5.41, 5.74) is 9.29. The fourth-order valence-corrected chi connectivity index (χ4v) is 5.12. The van der Waals surface area contributed by atoms with Gasteiger partial charge in [-0.2, -0.15) is 10.5 Å². The van der Waals surface area contributed by atoms with E-state index in [0.29, 0.717) is 45.3 Å². The fraction of sp³-hybridized carbons (Fsp3) is 0.308. The highest BCUT2D eigenvalue weighted by molar-refractivity contribution is 7.99. The monoisotopic (exact) mass is 534 g/mol. The predicted molar refractivity (Wildman–Crippen MR) is 144 cm³/mol. The van der Waals surface area contributed by atoms with Crippen molar-refractivity contribution >= 4 is 45.9 Å². The zero-order valence-electron chi connectivity index (χ0n) is 20.7. The number of hydrogen-bond donors (Lipinski definition) is 2. The van der Waals surface area contributed by atoms with Crippen molar-refractivity contribution in [2.45, 2.75) is 44.6 Å². The van der Waals surface area contributed by atoms with E-state index in [4.69, 9.17) is 10.5 Å². The summed E-state index contributed by atoms with van der Waals surface area (Å²) in [5.74, 6) is 0.0570. The van der Waals surface area contributed by atoms with Crippen LogP contribution in [-0.2, 0) is 20.7 Å². The van der Waals surface area contributed by atoms with E-state index in [0.717, 1.165) is 5.56 Å². The summed E-state index contributed by atoms with van der Waals surface area (Å²) < 4.78 is 4.90. The number of anilines is 2. The maximum atomic E-state index is 12.4. The molecule has 11 heteroatoms. The number of carbonyl (C=O) groups excluding carboxylic acids is 2. The van der Waals surface area contributed by atoms with Crippen LogP contribution in [0.15, 0.2) is 34.7 Å². The molecule has 3 N–H and O–H groups in total. The number of thiazole rings is 1. The minimum Gasteiger partial charge on any atom is -0.466 e. The van der Waals surface area contributed by atoms with Crippen LogP contribution in [0.1, 0.15) is 55.5 Å². The molecule has 0 aliphatic heterocycles. The number of nitriles is 2. The molecule has 3 aromatic rings. The van der Waals surface area contributed by atoms with Gasteiger partial charge in [-0.1, -0.05) is 38.1 Å². The van der Waals surface area contributed by atoms with Crippen LogP contribution in [0.3, 0.4) is 0 Å². The molecule has 0 saturated heterocycles. The predicted octanol–water partition coefficient (Wildman–Crippen LogP) is 4.88.